The number of hydrogen-bond donors (Lipinski definition) is 0. The number of likely N-dealkylation sites (N-methyl/N-ethyl adjacent to an activating group) is 1. The summed E-state index contributed by atoms with van der Waals surface area (Å²) in [7, 11) is 1.96. The van der Waals surface area contributed by atoms with Crippen molar-refractivity contribution in [1.29, 1.82) is 0 Å². The van der Waals surface area contributed by atoms with Gasteiger partial charge in [-0.25, -0.2) is 4.98 Å². The van der Waals surface area contributed by atoms with Gasteiger partial charge in [-0.2, -0.15) is 0 Å². The van der Waals surface area contributed by atoms with Crippen LogP contribution in [0.2, 0.25) is 0 Å². The summed E-state index contributed by atoms with van der Waals surface area (Å²) in [6.45, 7) is 5.03. The smallest absolute Gasteiger partial charge is 0.243 e. The van der Waals surface area contributed by atoms with Crippen LogP contribution in [0.1, 0.15) is 38.1 Å². The zero-order valence-electron chi connectivity index (χ0n) is 14.4. The normalized spacial score (nSPS) is 32.8. The van der Waals surface area contributed by atoms with Crippen molar-refractivity contribution in [3.63, 3.8) is 0 Å². The number of carbonyl (C=O) groups excluding carboxylic acids is 1. The second-order valence-corrected chi connectivity index (χ2v) is 7.56. The third-order valence-corrected chi connectivity index (χ3v) is 6.54. The molecule has 5 heteroatoms. The van der Waals surface area contributed by atoms with Crippen LogP contribution >= 0.6 is 0 Å². The van der Waals surface area contributed by atoms with Gasteiger partial charge in [0.15, 0.2) is 0 Å². The minimum absolute atomic E-state index is 0.240. The highest BCUT2D eigenvalue weighted by Crippen LogP contribution is 2.55. The number of para-hydroxylation sites is 2. The lowest BCUT2D eigenvalue weighted by atomic mass is 9.85. The van der Waals surface area contributed by atoms with Gasteiger partial charge in [0.2, 0.25) is 5.91 Å². The Hall–Kier alpha value is -1.88. The van der Waals surface area contributed by atoms with E-state index in [2.05, 4.69) is 40.7 Å². The Morgan fingerprint density at radius 1 is 1.33 bits per heavy atom. The fourth-order valence-corrected chi connectivity index (χ4v) is 5.63. The molecule has 3 aliphatic heterocycles. The van der Waals surface area contributed by atoms with Crippen molar-refractivity contribution >= 4 is 16.9 Å². The Morgan fingerprint density at radius 2 is 2.17 bits per heavy atom. The molecule has 24 heavy (non-hydrogen) atoms. The number of likely N-dealkylation sites (tertiary alicyclic amines) is 1. The summed E-state index contributed by atoms with van der Waals surface area (Å²) in [5.74, 6) is 1.95. The first-order chi connectivity index (χ1) is 11.7. The standard InChI is InChI=1S/C19H24N4O/c1-3-22-15-8-5-4-7-14(15)20-17(22)16-11-13-12-21(2)18(24)19(13)9-6-10-23(16)19/h4-5,7-8,13,16H,3,6,9-12H2,1-2H3/t13-,16-,19-/m0/s1. The van der Waals surface area contributed by atoms with Gasteiger partial charge in [0.05, 0.1) is 17.1 Å². The fraction of sp³-hybridized carbons (Fsp3) is 0.579. The molecular formula is C19H24N4O. The first-order valence-corrected chi connectivity index (χ1v) is 9.14. The second kappa shape index (κ2) is 4.82. The second-order valence-electron chi connectivity index (χ2n) is 7.56. The number of benzene rings is 1. The maximum Gasteiger partial charge on any atom is 0.243 e. The zero-order chi connectivity index (χ0) is 16.5. The van der Waals surface area contributed by atoms with E-state index in [9.17, 15) is 4.79 Å². The average molecular weight is 324 g/mol. The number of nitrogens with zero attached hydrogens (tertiary/aromatic N) is 4. The quantitative estimate of drug-likeness (QED) is 0.852. The first-order valence-electron chi connectivity index (χ1n) is 9.14. The van der Waals surface area contributed by atoms with Crippen LogP contribution in [-0.2, 0) is 11.3 Å². The van der Waals surface area contributed by atoms with Gasteiger partial charge in [-0.15, -0.1) is 0 Å². The summed E-state index contributed by atoms with van der Waals surface area (Å²) in [5.41, 5.74) is 2.04. The van der Waals surface area contributed by atoms with Crippen molar-refractivity contribution in [2.24, 2.45) is 5.92 Å². The number of amides is 1. The summed E-state index contributed by atoms with van der Waals surface area (Å²) in [5, 5.41) is 0. The maximum atomic E-state index is 13.0. The molecule has 0 aliphatic carbocycles. The lowest BCUT2D eigenvalue weighted by Crippen LogP contribution is -2.49. The van der Waals surface area contributed by atoms with Gasteiger partial charge in [0.1, 0.15) is 11.4 Å². The van der Waals surface area contributed by atoms with Gasteiger partial charge < -0.3 is 9.47 Å². The zero-order valence-corrected chi connectivity index (χ0v) is 14.4. The van der Waals surface area contributed by atoms with Crippen LogP contribution in [0.15, 0.2) is 24.3 Å². The molecule has 2 aromatic rings. The molecule has 3 saturated heterocycles. The number of hydrogen-bond acceptors (Lipinski definition) is 3. The van der Waals surface area contributed by atoms with Crippen LogP contribution in [0.5, 0.6) is 0 Å². The molecule has 1 amide bonds. The maximum absolute atomic E-state index is 13.0. The van der Waals surface area contributed by atoms with E-state index in [1.807, 2.05) is 11.9 Å². The van der Waals surface area contributed by atoms with E-state index in [0.717, 1.165) is 50.2 Å². The number of imidazole rings is 1. The van der Waals surface area contributed by atoms with Gasteiger partial charge in [-0.05, 0) is 38.3 Å². The van der Waals surface area contributed by atoms with Crippen molar-refractivity contribution < 1.29 is 4.79 Å². The molecule has 1 spiro atoms. The fourth-order valence-electron chi connectivity index (χ4n) is 5.63. The average Bonchev–Trinajstić information content (AvgIpc) is 3.29. The van der Waals surface area contributed by atoms with Crippen molar-refractivity contribution in [2.75, 3.05) is 20.1 Å². The van der Waals surface area contributed by atoms with Crippen LogP contribution in [0, 0.1) is 5.92 Å². The Balaban J connectivity index is 1.64. The third kappa shape index (κ3) is 1.59. The van der Waals surface area contributed by atoms with Crippen molar-refractivity contribution in [2.45, 2.75) is 44.3 Å². The summed E-state index contributed by atoms with van der Waals surface area (Å²) in [6, 6.07) is 8.67. The number of rotatable bonds is 2. The van der Waals surface area contributed by atoms with E-state index in [0.29, 0.717) is 11.8 Å². The van der Waals surface area contributed by atoms with Crippen LogP contribution < -0.4 is 0 Å². The summed E-state index contributed by atoms with van der Waals surface area (Å²) in [4.78, 5) is 22.4. The number of aromatic nitrogens is 2. The van der Waals surface area contributed by atoms with E-state index in [-0.39, 0.29) is 11.6 Å². The van der Waals surface area contributed by atoms with E-state index in [4.69, 9.17) is 4.98 Å². The summed E-state index contributed by atoms with van der Waals surface area (Å²) in [6.07, 6.45) is 3.20. The van der Waals surface area contributed by atoms with Gasteiger partial charge in [-0.3, -0.25) is 9.69 Å². The number of aryl methyl sites for hydroxylation is 1. The predicted molar refractivity (Wildman–Crippen MR) is 92.6 cm³/mol. The minimum Gasteiger partial charge on any atom is -0.344 e. The molecular weight excluding hydrogens is 300 g/mol. The van der Waals surface area contributed by atoms with E-state index in [1.165, 1.54) is 5.52 Å². The highest BCUT2D eigenvalue weighted by molar-refractivity contribution is 5.90. The molecule has 3 atom stereocenters. The van der Waals surface area contributed by atoms with Gasteiger partial charge >= 0.3 is 0 Å². The Kier molecular flexibility index (Phi) is 2.90. The monoisotopic (exact) mass is 324 g/mol. The molecule has 3 fully saturated rings. The highest BCUT2D eigenvalue weighted by atomic mass is 16.2. The molecule has 4 heterocycles. The molecule has 5 nitrogen and oxygen atoms in total. The topological polar surface area (TPSA) is 41.4 Å². The molecule has 126 valence electrons. The van der Waals surface area contributed by atoms with Crippen LogP contribution in [-0.4, -0.2) is 50.9 Å². The van der Waals surface area contributed by atoms with Gasteiger partial charge in [0.25, 0.3) is 0 Å². The molecule has 1 aromatic carbocycles. The van der Waals surface area contributed by atoms with Gasteiger partial charge in [0, 0.05) is 32.6 Å². The first kappa shape index (κ1) is 14.5. The summed E-state index contributed by atoms with van der Waals surface area (Å²) >= 11 is 0. The van der Waals surface area contributed by atoms with Crippen LogP contribution in [0.3, 0.4) is 0 Å². The van der Waals surface area contributed by atoms with E-state index >= 15 is 0 Å². The number of carbonyl (C=O) groups is 1. The number of fused-ring (bicyclic) bond motifs is 1. The Bertz CT molecular complexity index is 828. The Morgan fingerprint density at radius 3 is 3.00 bits per heavy atom. The highest BCUT2D eigenvalue weighted by Gasteiger charge is 2.65. The molecule has 0 bridgehead atoms. The SMILES string of the molecule is CCn1c([C@@H]2C[C@H]3CN(C)C(=O)[C@]34CCCN24)nc2ccccc21. The lowest BCUT2D eigenvalue weighted by Gasteiger charge is -2.32. The van der Waals surface area contributed by atoms with Crippen molar-refractivity contribution in [1.82, 2.24) is 19.4 Å². The molecule has 0 N–H and O–H groups in total. The summed E-state index contributed by atoms with van der Waals surface area (Å²) < 4.78 is 2.35. The largest absolute Gasteiger partial charge is 0.344 e. The van der Waals surface area contributed by atoms with E-state index < -0.39 is 0 Å². The lowest BCUT2D eigenvalue weighted by molar-refractivity contribution is -0.135. The van der Waals surface area contributed by atoms with Gasteiger partial charge in [-0.1, -0.05) is 12.1 Å². The minimum atomic E-state index is -0.240. The Labute approximate surface area is 142 Å². The molecule has 1 aromatic heterocycles. The molecule has 3 aliphatic rings. The van der Waals surface area contributed by atoms with Crippen LogP contribution in [0.4, 0.5) is 0 Å². The van der Waals surface area contributed by atoms with Crippen molar-refractivity contribution in [3.8, 4) is 0 Å². The molecule has 5 rings (SSSR count). The predicted octanol–water partition coefficient (Wildman–Crippen LogP) is 2.42. The van der Waals surface area contributed by atoms with E-state index in [1.54, 1.807) is 0 Å². The third-order valence-electron chi connectivity index (χ3n) is 6.54. The van der Waals surface area contributed by atoms with Crippen molar-refractivity contribution in [3.05, 3.63) is 30.1 Å². The molecule has 0 unspecified atom stereocenters. The van der Waals surface area contributed by atoms with Crippen LogP contribution in [0.25, 0.3) is 11.0 Å². The molecule has 0 saturated carbocycles. The molecule has 0 radical (unpaired) electrons.